The molecule has 1 atom stereocenters. The average Bonchev–Trinajstić information content (AvgIpc) is 2.52. The van der Waals surface area contributed by atoms with E-state index in [-0.39, 0.29) is 12.5 Å². The minimum atomic E-state index is -0.605. The zero-order valence-electron chi connectivity index (χ0n) is 10.7. The molecule has 0 unspecified atom stereocenters. The zero-order chi connectivity index (χ0) is 13.8. The molecule has 0 saturated carbocycles. The van der Waals surface area contributed by atoms with Crippen molar-refractivity contribution in [1.29, 1.82) is 0 Å². The molecular formula is C13H16N2O3S. The van der Waals surface area contributed by atoms with Crippen LogP contribution in [0.15, 0.2) is 29.2 Å². The number of benzene rings is 1. The fourth-order valence-corrected chi connectivity index (χ4v) is 2.87. The Morgan fingerprint density at radius 2 is 2.26 bits per heavy atom. The number of carbonyl (C=O) groups is 2. The van der Waals surface area contributed by atoms with E-state index in [9.17, 15) is 9.59 Å². The van der Waals surface area contributed by atoms with Gasteiger partial charge in [-0.2, -0.15) is 0 Å². The highest BCUT2D eigenvalue weighted by Crippen LogP contribution is 2.33. The lowest BCUT2D eigenvalue weighted by Crippen LogP contribution is -2.46. The number of para-hydroxylation sites is 1. The second-order valence-corrected chi connectivity index (χ2v) is 5.18. The molecule has 19 heavy (non-hydrogen) atoms. The summed E-state index contributed by atoms with van der Waals surface area (Å²) in [6.07, 6.45) is 0. The first-order chi connectivity index (χ1) is 9.13. The molecule has 0 radical (unpaired) electrons. The van der Waals surface area contributed by atoms with Crippen LogP contribution >= 0.6 is 11.8 Å². The van der Waals surface area contributed by atoms with Crippen LogP contribution in [0.4, 0.5) is 5.69 Å². The van der Waals surface area contributed by atoms with Gasteiger partial charge in [-0.3, -0.25) is 14.5 Å². The third-order valence-corrected chi connectivity index (χ3v) is 3.93. The number of nitrogens with zero attached hydrogens (tertiary/aromatic N) is 1. The summed E-state index contributed by atoms with van der Waals surface area (Å²) in [4.78, 5) is 26.2. The third-order valence-electron chi connectivity index (χ3n) is 2.75. The molecule has 5 nitrogen and oxygen atoms in total. The molecule has 1 heterocycles. The van der Waals surface area contributed by atoms with Crippen LogP contribution < -0.4 is 10.6 Å². The Labute approximate surface area is 116 Å². The van der Waals surface area contributed by atoms with E-state index in [1.54, 1.807) is 6.92 Å². The van der Waals surface area contributed by atoms with Gasteiger partial charge < -0.3 is 10.5 Å². The molecule has 0 fully saturated rings. The highest BCUT2D eigenvalue weighted by atomic mass is 32.2. The monoisotopic (exact) mass is 280 g/mol. The maximum Gasteiger partial charge on any atom is 0.326 e. The van der Waals surface area contributed by atoms with Gasteiger partial charge in [0.15, 0.2) is 0 Å². The van der Waals surface area contributed by atoms with Crippen LogP contribution in [-0.2, 0) is 14.3 Å². The van der Waals surface area contributed by atoms with Crippen LogP contribution in [0.3, 0.4) is 0 Å². The van der Waals surface area contributed by atoms with E-state index < -0.39 is 12.0 Å². The molecule has 102 valence electrons. The van der Waals surface area contributed by atoms with Crippen LogP contribution in [0.2, 0.25) is 0 Å². The quantitative estimate of drug-likeness (QED) is 0.837. The van der Waals surface area contributed by atoms with Crippen molar-refractivity contribution < 1.29 is 14.3 Å². The summed E-state index contributed by atoms with van der Waals surface area (Å²) in [5, 5.41) is 0. The molecule has 2 N–H and O–H groups in total. The van der Waals surface area contributed by atoms with Crippen molar-refractivity contribution in [2.24, 2.45) is 5.73 Å². The van der Waals surface area contributed by atoms with Crippen LogP contribution in [-0.4, -0.2) is 36.8 Å². The lowest BCUT2D eigenvalue weighted by molar-refractivity contribution is -0.142. The van der Waals surface area contributed by atoms with Gasteiger partial charge in [-0.1, -0.05) is 12.1 Å². The Balaban J connectivity index is 2.31. The molecule has 0 spiro atoms. The number of fused-ring (bicyclic) bond motifs is 1. The number of anilines is 1. The molecule has 1 aromatic rings. The van der Waals surface area contributed by atoms with Gasteiger partial charge in [0.1, 0.15) is 6.54 Å². The number of esters is 1. The number of rotatable bonds is 3. The van der Waals surface area contributed by atoms with Crippen molar-refractivity contribution in [2.45, 2.75) is 17.9 Å². The summed E-state index contributed by atoms with van der Waals surface area (Å²) in [5.74, 6) is -0.162. The number of amides is 1. The Morgan fingerprint density at radius 3 is 3.00 bits per heavy atom. The SMILES string of the molecule is CCOC(=O)CN1C(=O)[C@H](N)CSc2ccccc21. The summed E-state index contributed by atoms with van der Waals surface area (Å²) in [7, 11) is 0. The van der Waals surface area contributed by atoms with Crippen molar-refractivity contribution in [2.75, 3.05) is 23.8 Å². The van der Waals surface area contributed by atoms with Crippen molar-refractivity contribution in [3.63, 3.8) is 0 Å². The van der Waals surface area contributed by atoms with Crippen LogP contribution in [0.5, 0.6) is 0 Å². The Morgan fingerprint density at radius 1 is 1.53 bits per heavy atom. The Hall–Kier alpha value is -1.53. The standard InChI is InChI=1S/C13H16N2O3S/c1-2-18-12(16)7-15-10-5-3-4-6-11(10)19-8-9(14)13(15)17/h3-6,9H,2,7-8,14H2,1H3/t9-/m1/s1. The molecule has 0 saturated heterocycles. The van der Waals surface area contributed by atoms with Gasteiger partial charge in [-0.05, 0) is 19.1 Å². The molecule has 0 aliphatic carbocycles. The van der Waals surface area contributed by atoms with E-state index in [0.717, 1.165) is 10.6 Å². The maximum absolute atomic E-state index is 12.2. The Bertz CT molecular complexity index is 493. The first-order valence-corrected chi connectivity index (χ1v) is 7.06. The van der Waals surface area contributed by atoms with Gasteiger partial charge in [-0.15, -0.1) is 11.8 Å². The van der Waals surface area contributed by atoms with Crippen molar-refractivity contribution in [3.05, 3.63) is 24.3 Å². The van der Waals surface area contributed by atoms with E-state index in [2.05, 4.69) is 0 Å². The minimum absolute atomic E-state index is 0.0993. The van der Waals surface area contributed by atoms with Crippen molar-refractivity contribution in [3.8, 4) is 0 Å². The van der Waals surface area contributed by atoms with Crippen LogP contribution in [0.1, 0.15) is 6.92 Å². The predicted molar refractivity (Wildman–Crippen MR) is 74.1 cm³/mol. The highest BCUT2D eigenvalue weighted by Gasteiger charge is 2.29. The van der Waals surface area contributed by atoms with Crippen molar-refractivity contribution >= 4 is 29.3 Å². The van der Waals surface area contributed by atoms with E-state index in [1.165, 1.54) is 16.7 Å². The molecule has 1 aliphatic rings. The maximum atomic E-state index is 12.2. The lowest BCUT2D eigenvalue weighted by atomic mass is 10.2. The second-order valence-electron chi connectivity index (χ2n) is 4.11. The molecule has 6 heteroatoms. The number of nitrogens with two attached hydrogens (primary N) is 1. The van der Waals surface area contributed by atoms with Crippen molar-refractivity contribution in [1.82, 2.24) is 0 Å². The number of ether oxygens (including phenoxy) is 1. The van der Waals surface area contributed by atoms with Gasteiger partial charge in [0.05, 0.1) is 18.3 Å². The van der Waals surface area contributed by atoms with E-state index in [4.69, 9.17) is 10.5 Å². The normalized spacial score (nSPS) is 18.7. The molecule has 0 aromatic heterocycles. The average molecular weight is 280 g/mol. The van der Waals surface area contributed by atoms with E-state index in [1.807, 2.05) is 24.3 Å². The lowest BCUT2D eigenvalue weighted by Gasteiger charge is -2.23. The number of carbonyl (C=O) groups excluding carboxylic acids is 2. The first kappa shape index (κ1) is 13.9. The number of thioether (sulfide) groups is 1. The molecule has 1 aliphatic heterocycles. The van der Waals surface area contributed by atoms with E-state index >= 15 is 0 Å². The summed E-state index contributed by atoms with van der Waals surface area (Å²) < 4.78 is 4.90. The van der Waals surface area contributed by atoms with Crippen LogP contribution in [0.25, 0.3) is 0 Å². The fourth-order valence-electron chi connectivity index (χ4n) is 1.87. The fraction of sp³-hybridized carbons (Fsp3) is 0.385. The predicted octanol–water partition coefficient (Wildman–Crippen LogP) is 1.02. The second kappa shape index (κ2) is 6.08. The number of hydrogen-bond donors (Lipinski definition) is 1. The summed E-state index contributed by atoms with van der Waals surface area (Å²) in [5.41, 5.74) is 6.55. The van der Waals surface area contributed by atoms with Gasteiger partial charge in [0, 0.05) is 10.6 Å². The van der Waals surface area contributed by atoms with Gasteiger partial charge in [0.25, 0.3) is 0 Å². The largest absolute Gasteiger partial charge is 0.465 e. The summed E-state index contributed by atoms with van der Waals surface area (Å²) >= 11 is 1.53. The molecule has 1 amide bonds. The zero-order valence-corrected chi connectivity index (χ0v) is 11.5. The molecular weight excluding hydrogens is 264 g/mol. The topological polar surface area (TPSA) is 72.6 Å². The smallest absolute Gasteiger partial charge is 0.326 e. The highest BCUT2D eigenvalue weighted by molar-refractivity contribution is 7.99. The summed E-state index contributed by atoms with van der Waals surface area (Å²) in [6, 6.07) is 6.87. The number of hydrogen-bond acceptors (Lipinski definition) is 5. The summed E-state index contributed by atoms with van der Waals surface area (Å²) in [6.45, 7) is 1.93. The molecule has 2 rings (SSSR count). The minimum Gasteiger partial charge on any atom is -0.465 e. The first-order valence-electron chi connectivity index (χ1n) is 6.08. The van der Waals surface area contributed by atoms with E-state index in [0.29, 0.717) is 12.4 Å². The molecule has 0 bridgehead atoms. The Kier molecular flexibility index (Phi) is 4.44. The van der Waals surface area contributed by atoms with Gasteiger partial charge >= 0.3 is 5.97 Å². The van der Waals surface area contributed by atoms with Gasteiger partial charge in [-0.25, -0.2) is 0 Å². The van der Waals surface area contributed by atoms with Crippen LogP contribution in [0, 0.1) is 0 Å². The van der Waals surface area contributed by atoms with Gasteiger partial charge in [0.2, 0.25) is 5.91 Å². The third kappa shape index (κ3) is 3.08. The molecule has 1 aromatic carbocycles.